The van der Waals surface area contributed by atoms with Crippen LogP contribution < -0.4 is 16.8 Å². The smallest absolute Gasteiger partial charge is 0.253 e. The van der Waals surface area contributed by atoms with E-state index in [1.54, 1.807) is 6.92 Å². The predicted molar refractivity (Wildman–Crippen MR) is 89.0 cm³/mol. The summed E-state index contributed by atoms with van der Waals surface area (Å²) in [4.78, 5) is 23.9. The summed E-state index contributed by atoms with van der Waals surface area (Å²) >= 11 is 1.22. The normalized spacial score (nSPS) is 13.7. The largest absolute Gasteiger partial charge is 0.397 e. The van der Waals surface area contributed by atoms with Crippen LogP contribution in [0.5, 0.6) is 0 Å². The molecule has 0 saturated heterocycles. The van der Waals surface area contributed by atoms with Crippen molar-refractivity contribution in [2.24, 2.45) is 11.7 Å². The second-order valence-corrected chi connectivity index (χ2v) is 6.51. The van der Waals surface area contributed by atoms with Crippen LogP contribution in [0, 0.1) is 5.92 Å². The molecular formula is C15H25N3O2S. The summed E-state index contributed by atoms with van der Waals surface area (Å²) in [5, 5.41) is 3.89. The maximum Gasteiger partial charge on any atom is 0.253 e. The van der Waals surface area contributed by atoms with E-state index in [1.807, 2.05) is 6.92 Å². The Morgan fingerprint density at radius 1 is 1.29 bits per heavy atom. The van der Waals surface area contributed by atoms with Crippen LogP contribution in [0.4, 0.5) is 10.7 Å². The van der Waals surface area contributed by atoms with Crippen LogP contribution in [0.3, 0.4) is 0 Å². The number of hydrogen-bond donors (Lipinski definition) is 3. The van der Waals surface area contributed by atoms with E-state index in [9.17, 15) is 9.59 Å². The molecule has 1 amide bonds. The first-order valence-corrected chi connectivity index (χ1v) is 8.15. The van der Waals surface area contributed by atoms with E-state index in [4.69, 9.17) is 11.5 Å². The monoisotopic (exact) mass is 311 g/mol. The average Bonchev–Trinajstić information content (AvgIpc) is 2.74. The zero-order valence-corrected chi connectivity index (χ0v) is 14.0. The van der Waals surface area contributed by atoms with Crippen molar-refractivity contribution in [3.05, 3.63) is 10.4 Å². The van der Waals surface area contributed by atoms with Crippen molar-refractivity contribution in [3.63, 3.8) is 0 Å². The lowest BCUT2D eigenvalue weighted by Crippen LogP contribution is -2.21. The molecular weight excluding hydrogens is 286 g/mol. The summed E-state index contributed by atoms with van der Waals surface area (Å²) in [6.45, 7) is 8.15. The van der Waals surface area contributed by atoms with Crippen LogP contribution >= 0.6 is 11.3 Å². The number of Topliss-reactive ketones (excluding diaryl/α,β-unsaturated/α-hetero) is 1. The summed E-state index contributed by atoms with van der Waals surface area (Å²) in [7, 11) is 0. The minimum absolute atomic E-state index is 0.0670. The molecule has 0 saturated carbocycles. The van der Waals surface area contributed by atoms with Crippen LogP contribution in [-0.2, 0) is 0 Å². The molecule has 5 nitrogen and oxygen atoms in total. The molecule has 2 atom stereocenters. The number of amides is 1. The molecule has 0 aromatic carbocycles. The standard InChI is InChI=1S/C15H25N3O2S/c1-5-8(3)7-9(4)18-15-11(14(17)20)12(16)13(21-15)10(19)6-2/h8-9,18H,5-7,16H2,1-4H3,(H2,17,20). The highest BCUT2D eigenvalue weighted by molar-refractivity contribution is 7.19. The maximum atomic E-state index is 11.9. The van der Waals surface area contributed by atoms with Crippen LogP contribution in [0.2, 0.25) is 0 Å². The zero-order valence-electron chi connectivity index (χ0n) is 13.2. The van der Waals surface area contributed by atoms with Gasteiger partial charge in [0.2, 0.25) is 0 Å². The SMILES string of the molecule is CCC(=O)c1sc(NC(C)CC(C)CC)c(C(N)=O)c1N. The minimum atomic E-state index is -0.600. The molecule has 0 radical (unpaired) electrons. The number of nitrogen functional groups attached to an aromatic ring is 1. The number of hydrogen-bond acceptors (Lipinski definition) is 5. The summed E-state index contributed by atoms with van der Waals surface area (Å²) < 4.78 is 0. The van der Waals surface area contributed by atoms with Gasteiger partial charge in [-0.1, -0.05) is 27.2 Å². The highest BCUT2D eigenvalue weighted by atomic mass is 32.1. The topological polar surface area (TPSA) is 98.2 Å². The number of anilines is 2. The first-order valence-electron chi connectivity index (χ1n) is 7.33. The number of primary amides is 1. The molecule has 0 aliphatic carbocycles. The van der Waals surface area contributed by atoms with E-state index in [0.29, 0.717) is 22.2 Å². The van der Waals surface area contributed by atoms with E-state index >= 15 is 0 Å². The van der Waals surface area contributed by atoms with Gasteiger partial charge in [0.1, 0.15) is 5.00 Å². The van der Waals surface area contributed by atoms with Crippen molar-refractivity contribution in [2.45, 2.75) is 53.0 Å². The number of rotatable bonds is 8. The molecule has 21 heavy (non-hydrogen) atoms. The number of nitrogens with two attached hydrogens (primary N) is 2. The van der Waals surface area contributed by atoms with Gasteiger partial charge in [0.15, 0.2) is 5.78 Å². The Morgan fingerprint density at radius 2 is 1.90 bits per heavy atom. The lowest BCUT2D eigenvalue weighted by Gasteiger charge is -2.18. The van der Waals surface area contributed by atoms with Crippen LogP contribution in [0.1, 0.15) is 67.0 Å². The summed E-state index contributed by atoms with van der Waals surface area (Å²) in [6.07, 6.45) is 2.43. The summed E-state index contributed by atoms with van der Waals surface area (Å²) in [5.41, 5.74) is 11.8. The maximum absolute atomic E-state index is 11.9. The van der Waals surface area contributed by atoms with Crippen LogP contribution in [0.25, 0.3) is 0 Å². The molecule has 0 aliphatic heterocycles. The molecule has 5 N–H and O–H groups in total. The second-order valence-electron chi connectivity index (χ2n) is 5.48. The quantitative estimate of drug-likeness (QED) is 0.642. The van der Waals surface area contributed by atoms with E-state index < -0.39 is 5.91 Å². The van der Waals surface area contributed by atoms with E-state index in [-0.39, 0.29) is 23.1 Å². The lowest BCUT2D eigenvalue weighted by molar-refractivity contribution is 0.0991. The van der Waals surface area contributed by atoms with Gasteiger partial charge in [0.05, 0.1) is 16.1 Å². The van der Waals surface area contributed by atoms with E-state index in [2.05, 4.69) is 19.2 Å². The molecule has 1 aromatic heterocycles. The molecule has 1 heterocycles. The Bertz CT molecular complexity index is 525. The van der Waals surface area contributed by atoms with Gasteiger partial charge in [-0.2, -0.15) is 0 Å². The molecule has 0 bridgehead atoms. The summed E-state index contributed by atoms with van der Waals surface area (Å²) in [6, 6.07) is 0.181. The van der Waals surface area contributed by atoms with Crippen LogP contribution in [0.15, 0.2) is 0 Å². The first-order chi connectivity index (χ1) is 9.81. The van der Waals surface area contributed by atoms with Gasteiger partial charge >= 0.3 is 0 Å². The van der Waals surface area contributed by atoms with Gasteiger partial charge in [0.25, 0.3) is 5.91 Å². The van der Waals surface area contributed by atoms with Crippen molar-refractivity contribution in [1.29, 1.82) is 0 Å². The van der Waals surface area contributed by atoms with Crippen LogP contribution in [-0.4, -0.2) is 17.7 Å². The fourth-order valence-electron chi connectivity index (χ4n) is 2.21. The molecule has 0 fully saturated rings. The molecule has 0 spiro atoms. The molecule has 1 aromatic rings. The number of carbonyl (C=O) groups excluding carboxylic acids is 2. The third kappa shape index (κ3) is 4.20. The van der Waals surface area contributed by atoms with Crippen molar-refractivity contribution in [3.8, 4) is 0 Å². The Morgan fingerprint density at radius 3 is 2.38 bits per heavy atom. The Hall–Kier alpha value is -1.56. The fraction of sp³-hybridized carbons (Fsp3) is 0.600. The van der Waals surface area contributed by atoms with Crippen molar-refractivity contribution < 1.29 is 9.59 Å². The third-order valence-corrected chi connectivity index (χ3v) is 4.77. The van der Waals surface area contributed by atoms with Gasteiger partial charge < -0.3 is 16.8 Å². The van der Waals surface area contributed by atoms with Gasteiger partial charge in [0, 0.05) is 12.5 Å². The minimum Gasteiger partial charge on any atom is -0.397 e. The number of ketones is 1. The lowest BCUT2D eigenvalue weighted by atomic mass is 10.0. The Labute approximate surface area is 130 Å². The fourth-order valence-corrected chi connectivity index (χ4v) is 3.46. The first kappa shape index (κ1) is 17.5. The molecule has 6 heteroatoms. The average molecular weight is 311 g/mol. The Balaban J connectivity index is 3.05. The zero-order chi connectivity index (χ0) is 16.2. The number of carbonyl (C=O) groups is 2. The number of thiophene rings is 1. The highest BCUT2D eigenvalue weighted by Crippen LogP contribution is 2.37. The van der Waals surface area contributed by atoms with Crippen molar-refractivity contribution in [2.75, 3.05) is 11.1 Å². The predicted octanol–water partition coefficient (Wildman–Crippen LogP) is 3.26. The Kier molecular flexibility index (Phi) is 6.20. The van der Waals surface area contributed by atoms with Gasteiger partial charge in [-0.15, -0.1) is 11.3 Å². The molecule has 1 rings (SSSR count). The number of nitrogens with one attached hydrogen (secondary N) is 1. The highest BCUT2D eigenvalue weighted by Gasteiger charge is 2.24. The van der Waals surface area contributed by atoms with Gasteiger partial charge in [-0.05, 0) is 19.3 Å². The molecule has 2 unspecified atom stereocenters. The van der Waals surface area contributed by atoms with Gasteiger partial charge in [-0.3, -0.25) is 9.59 Å². The third-order valence-electron chi connectivity index (χ3n) is 3.60. The van der Waals surface area contributed by atoms with Gasteiger partial charge in [-0.25, -0.2) is 0 Å². The second kappa shape index (κ2) is 7.45. The molecule has 0 aliphatic rings. The summed E-state index contributed by atoms with van der Waals surface area (Å²) in [5.74, 6) is -0.0849. The van der Waals surface area contributed by atoms with Crippen molar-refractivity contribution in [1.82, 2.24) is 0 Å². The molecule has 118 valence electrons. The van der Waals surface area contributed by atoms with Crippen molar-refractivity contribution >= 4 is 33.7 Å². The van der Waals surface area contributed by atoms with E-state index in [1.165, 1.54) is 11.3 Å². The van der Waals surface area contributed by atoms with E-state index in [0.717, 1.165) is 12.8 Å².